The standard InChI is InChI=1S/C17H27N5O/c23-17(20-14-5-1-2-6-14)9-11-18-13-15-7-4-12-22(15)16-8-3-10-19-21-16/h3,8,10,14-15,18H,1-2,4-7,9,11-13H2,(H,20,23). The second kappa shape index (κ2) is 8.24. The molecule has 1 aliphatic carbocycles. The zero-order chi connectivity index (χ0) is 15.9. The number of aromatic nitrogens is 2. The topological polar surface area (TPSA) is 70.2 Å². The number of nitrogens with zero attached hydrogens (tertiary/aromatic N) is 3. The van der Waals surface area contributed by atoms with Gasteiger partial charge in [-0.1, -0.05) is 12.8 Å². The molecule has 2 heterocycles. The van der Waals surface area contributed by atoms with Crippen LogP contribution in [0.1, 0.15) is 44.9 Å². The van der Waals surface area contributed by atoms with Crippen LogP contribution in [0.2, 0.25) is 0 Å². The molecule has 3 rings (SSSR count). The molecular formula is C17H27N5O. The van der Waals surface area contributed by atoms with Crippen LogP contribution in [0.5, 0.6) is 0 Å². The lowest BCUT2D eigenvalue weighted by Gasteiger charge is -2.25. The molecule has 1 aromatic heterocycles. The largest absolute Gasteiger partial charge is 0.353 e. The van der Waals surface area contributed by atoms with Crippen molar-refractivity contribution in [2.45, 2.75) is 57.0 Å². The molecule has 1 saturated carbocycles. The SMILES string of the molecule is O=C(CCNCC1CCCN1c1cccnn1)NC1CCCC1. The van der Waals surface area contributed by atoms with Gasteiger partial charge in [0.15, 0.2) is 5.82 Å². The summed E-state index contributed by atoms with van der Waals surface area (Å²) in [5.41, 5.74) is 0. The first-order valence-corrected chi connectivity index (χ1v) is 8.87. The number of rotatable bonds is 7. The highest BCUT2D eigenvalue weighted by Crippen LogP contribution is 2.22. The van der Waals surface area contributed by atoms with Gasteiger partial charge in [0.05, 0.1) is 0 Å². The summed E-state index contributed by atoms with van der Waals surface area (Å²) in [6.45, 7) is 2.67. The average Bonchev–Trinajstić information content (AvgIpc) is 3.24. The van der Waals surface area contributed by atoms with Crippen molar-refractivity contribution in [2.24, 2.45) is 0 Å². The number of hydrogen-bond donors (Lipinski definition) is 2. The van der Waals surface area contributed by atoms with E-state index in [1.165, 1.54) is 19.3 Å². The molecule has 6 nitrogen and oxygen atoms in total. The number of carbonyl (C=O) groups is 1. The van der Waals surface area contributed by atoms with E-state index in [2.05, 4.69) is 25.7 Å². The van der Waals surface area contributed by atoms with E-state index >= 15 is 0 Å². The van der Waals surface area contributed by atoms with Gasteiger partial charge >= 0.3 is 0 Å². The summed E-state index contributed by atoms with van der Waals surface area (Å²) < 4.78 is 0. The van der Waals surface area contributed by atoms with E-state index in [1.54, 1.807) is 6.20 Å². The summed E-state index contributed by atoms with van der Waals surface area (Å²) in [5, 5.41) is 14.7. The zero-order valence-corrected chi connectivity index (χ0v) is 13.7. The van der Waals surface area contributed by atoms with Gasteiger partial charge in [-0.25, -0.2) is 0 Å². The van der Waals surface area contributed by atoms with Crippen LogP contribution in [-0.2, 0) is 4.79 Å². The molecule has 1 aromatic rings. The summed E-state index contributed by atoms with van der Waals surface area (Å²) in [6, 6.07) is 4.81. The van der Waals surface area contributed by atoms with Crippen molar-refractivity contribution in [2.75, 3.05) is 24.5 Å². The van der Waals surface area contributed by atoms with Crippen molar-refractivity contribution in [3.8, 4) is 0 Å². The van der Waals surface area contributed by atoms with Gasteiger partial charge in [-0.05, 0) is 37.8 Å². The van der Waals surface area contributed by atoms with Gasteiger partial charge in [0.25, 0.3) is 0 Å². The first-order valence-electron chi connectivity index (χ1n) is 8.87. The lowest BCUT2D eigenvalue weighted by molar-refractivity contribution is -0.121. The van der Waals surface area contributed by atoms with Crippen LogP contribution in [0.3, 0.4) is 0 Å². The molecule has 0 bridgehead atoms. The number of nitrogens with one attached hydrogen (secondary N) is 2. The Morgan fingerprint density at radius 3 is 2.91 bits per heavy atom. The number of anilines is 1. The molecule has 0 aromatic carbocycles. The van der Waals surface area contributed by atoms with Crippen LogP contribution < -0.4 is 15.5 Å². The van der Waals surface area contributed by atoms with Crippen molar-refractivity contribution in [3.05, 3.63) is 18.3 Å². The first-order chi connectivity index (χ1) is 11.3. The predicted octanol–water partition coefficient (Wildman–Crippen LogP) is 1.48. The minimum atomic E-state index is 0.182. The molecule has 6 heteroatoms. The summed E-state index contributed by atoms with van der Waals surface area (Å²) in [5.74, 6) is 1.14. The first kappa shape index (κ1) is 16.2. The Morgan fingerprint density at radius 1 is 1.26 bits per heavy atom. The van der Waals surface area contributed by atoms with E-state index < -0.39 is 0 Å². The minimum Gasteiger partial charge on any atom is -0.353 e. The molecule has 1 atom stereocenters. The molecule has 0 radical (unpaired) electrons. The maximum atomic E-state index is 11.9. The van der Waals surface area contributed by atoms with Gasteiger partial charge in [-0.3, -0.25) is 4.79 Å². The van der Waals surface area contributed by atoms with E-state index in [4.69, 9.17) is 0 Å². The lowest BCUT2D eigenvalue weighted by Crippen LogP contribution is -2.40. The third-order valence-electron chi connectivity index (χ3n) is 4.86. The Morgan fingerprint density at radius 2 is 2.13 bits per heavy atom. The third-order valence-corrected chi connectivity index (χ3v) is 4.86. The molecular weight excluding hydrogens is 290 g/mol. The Bertz CT molecular complexity index is 489. The average molecular weight is 317 g/mol. The maximum Gasteiger partial charge on any atom is 0.221 e. The Balaban J connectivity index is 1.35. The summed E-state index contributed by atoms with van der Waals surface area (Å²) >= 11 is 0. The van der Waals surface area contributed by atoms with Gasteiger partial charge < -0.3 is 15.5 Å². The number of hydrogen-bond acceptors (Lipinski definition) is 5. The smallest absolute Gasteiger partial charge is 0.221 e. The second-order valence-corrected chi connectivity index (χ2v) is 6.57. The van der Waals surface area contributed by atoms with E-state index in [9.17, 15) is 4.79 Å². The third kappa shape index (κ3) is 4.64. The summed E-state index contributed by atoms with van der Waals surface area (Å²) in [4.78, 5) is 14.2. The van der Waals surface area contributed by atoms with Crippen LogP contribution in [0.4, 0.5) is 5.82 Å². The molecule has 23 heavy (non-hydrogen) atoms. The van der Waals surface area contributed by atoms with E-state index in [0.717, 1.165) is 44.7 Å². The van der Waals surface area contributed by atoms with Crippen molar-refractivity contribution in [3.63, 3.8) is 0 Å². The van der Waals surface area contributed by atoms with Gasteiger partial charge in [0.2, 0.25) is 5.91 Å². The van der Waals surface area contributed by atoms with Gasteiger partial charge in [0, 0.05) is 44.3 Å². The summed E-state index contributed by atoms with van der Waals surface area (Å²) in [7, 11) is 0. The molecule has 0 spiro atoms. The fraction of sp³-hybridized carbons (Fsp3) is 0.706. The monoisotopic (exact) mass is 317 g/mol. The number of amides is 1. The molecule has 1 saturated heterocycles. The predicted molar refractivity (Wildman–Crippen MR) is 90.3 cm³/mol. The van der Waals surface area contributed by atoms with Crippen LogP contribution >= 0.6 is 0 Å². The van der Waals surface area contributed by atoms with Crippen LogP contribution in [0, 0.1) is 0 Å². The fourth-order valence-electron chi connectivity index (χ4n) is 3.64. The quantitative estimate of drug-likeness (QED) is 0.746. The van der Waals surface area contributed by atoms with Crippen molar-refractivity contribution >= 4 is 11.7 Å². The van der Waals surface area contributed by atoms with Gasteiger partial charge in [-0.15, -0.1) is 5.10 Å². The van der Waals surface area contributed by atoms with E-state index in [1.807, 2.05) is 12.1 Å². The lowest BCUT2D eigenvalue weighted by atomic mass is 10.2. The van der Waals surface area contributed by atoms with E-state index in [-0.39, 0.29) is 5.91 Å². The Hall–Kier alpha value is -1.69. The highest BCUT2D eigenvalue weighted by molar-refractivity contribution is 5.76. The molecule has 126 valence electrons. The zero-order valence-electron chi connectivity index (χ0n) is 13.7. The molecule has 2 aliphatic rings. The number of carbonyl (C=O) groups excluding carboxylic acids is 1. The second-order valence-electron chi connectivity index (χ2n) is 6.57. The van der Waals surface area contributed by atoms with Crippen LogP contribution in [0.15, 0.2) is 18.3 Å². The minimum absolute atomic E-state index is 0.182. The normalized spacial score (nSPS) is 21.7. The van der Waals surface area contributed by atoms with Crippen molar-refractivity contribution in [1.82, 2.24) is 20.8 Å². The fourth-order valence-corrected chi connectivity index (χ4v) is 3.64. The van der Waals surface area contributed by atoms with Crippen LogP contribution in [0.25, 0.3) is 0 Å². The van der Waals surface area contributed by atoms with Crippen LogP contribution in [-0.4, -0.2) is 47.8 Å². The highest BCUT2D eigenvalue weighted by atomic mass is 16.1. The highest BCUT2D eigenvalue weighted by Gasteiger charge is 2.25. The maximum absolute atomic E-state index is 11.9. The molecule has 2 fully saturated rings. The molecule has 2 N–H and O–H groups in total. The van der Waals surface area contributed by atoms with Crippen molar-refractivity contribution < 1.29 is 4.79 Å². The molecule has 1 amide bonds. The van der Waals surface area contributed by atoms with Gasteiger partial charge in [0.1, 0.15) is 0 Å². The van der Waals surface area contributed by atoms with Crippen molar-refractivity contribution in [1.29, 1.82) is 0 Å². The van der Waals surface area contributed by atoms with Gasteiger partial charge in [-0.2, -0.15) is 5.10 Å². The summed E-state index contributed by atoms with van der Waals surface area (Å²) in [6.07, 6.45) is 9.42. The molecule has 1 unspecified atom stereocenters. The van der Waals surface area contributed by atoms with E-state index in [0.29, 0.717) is 18.5 Å². The Kier molecular flexibility index (Phi) is 5.80. The Labute approximate surface area is 138 Å². The molecule has 1 aliphatic heterocycles.